The summed E-state index contributed by atoms with van der Waals surface area (Å²) in [5.41, 5.74) is -3.86. The van der Waals surface area contributed by atoms with E-state index in [-0.39, 0.29) is 11.8 Å². The summed E-state index contributed by atoms with van der Waals surface area (Å²) in [7, 11) is 0. The molecule has 1 aromatic carbocycles. The van der Waals surface area contributed by atoms with E-state index in [0.717, 1.165) is 0 Å². The first-order chi connectivity index (χ1) is 9.87. The summed E-state index contributed by atoms with van der Waals surface area (Å²) in [4.78, 5) is 13.4. The number of piperazine rings is 1. The zero-order chi connectivity index (χ0) is 15.5. The normalized spacial score (nSPS) is 19.6. The van der Waals surface area contributed by atoms with Crippen LogP contribution in [0.1, 0.15) is 11.6 Å². The number of hydrogen-bond donors (Lipinski definition) is 1. The van der Waals surface area contributed by atoms with Crippen molar-refractivity contribution in [2.24, 2.45) is 0 Å². The Morgan fingerprint density at radius 3 is 2.86 bits per heavy atom. The van der Waals surface area contributed by atoms with Gasteiger partial charge in [0.25, 0.3) is 0 Å². The number of carbonyl (C=O) groups excluding carboxylic acids is 1. The summed E-state index contributed by atoms with van der Waals surface area (Å²) in [6, 6.07) is 5.32. The highest BCUT2D eigenvalue weighted by molar-refractivity contribution is 8.00. The van der Waals surface area contributed by atoms with Crippen LogP contribution in [0.15, 0.2) is 24.3 Å². The zero-order valence-corrected chi connectivity index (χ0v) is 11.8. The molecule has 1 saturated heterocycles. The zero-order valence-electron chi connectivity index (χ0n) is 11.0. The van der Waals surface area contributed by atoms with Crippen LogP contribution in [0.4, 0.5) is 17.6 Å². The van der Waals surface area contributed by atoms with Gasteiger partial charge in [-0.15, -0.1) is 0 Å². The van der Waals surface area contributed by atoms with Gasteiger partial charge in [0.05, 0.1) is 11.8 Å². The fourth-order valence-corrected chi connectivity index (χ4v) is 2.69. The quantitative estimate of drug-likeness (QED) is 0.868. The molecule has 0 saturated carbocycles. The van der Waals surface area contributed by atoms with Crippen molar-refractivity contribution in [3.8, 4) is 0 Å². The summed E-state index contributed by atoms with van der Waals surface area (Å²) < 4.78 is 49.8. The molecule has 0 aliphatic carbocycles. The largest absolute Gasteiger partial charge is 0.442 e. The topological polar surface area (TPSA) is 32.3 Å². The molecule has 3 nitrogen and oxygen atoms in total. The van der Waals surface area contributed by atoms with E-state index in [9.17, 15) is 22.4 Å². The molecule has 1 fully saturated rings. The second-order valence-corrected chi connectivity index (χ2v) is 5.64. The van der Waals surface area contributed by atoms with E-state index in [4.69, 9.17) is 0 Å². The predicted octanol–water partition coefficient (Wildman–Crippen LogP) is 2.55. The van der Waals surface area contributed by atoms with Gasteiger partial charge >= 0.3 is 5.51 Å². The Morgan fingerprint density at radius 1 is 1.43 bits per heavy atom. The first-order valence-corrected chi connectivity index (χ1v) is 7.32. The summed E-state index contributed by atoms with van der Waals surface area (Å²) >= 11 is -0.350. The molecule has 1 amide bonds. The van der Waals surface area contributed by atoms with Gasteiger partial charge in [-0.25, -0.2) is 4.39 Å². The molecular formula is C13H14F4N2OS. The van der Waals surface area contributed by atoms with Crippen LogP contribution >= 0.6 is 11.8 Å². The molecule has 8 heteroatoms. The maximum absolute atomic E-state index is 13.3. The van der Waals surface area contributed by atoms with Gasteiger partial charge in [-0.05, 0) is 29.5 Å². The number of halogens is 4. The van der Waals surface area contributed by atoms with E-state index < -0.39 is 29.0 Å². The molecule has 1 aromatic rings. The third-order valence-corrected chi connectivity index (χ3v) is 3.88. The minimum atomic E-state index is -4.43. The number of hydrogen-bond acceptors (Lipinski definition) is 3. The number of nitrogens with one attached hydrogen (secondary N) is 1. The van der Waals surface area contributed by atoms with E-state index in [1.165, 1.54) is 23.1 Å². The molecule has 0 aromatic heterocycles. The van der Waals surface area contributed by atoms with Crippen LogP contribution in [-0.2, 0) is 4.79 Å². The van der Waals surface area contributed by atoms with E-state index in [2.05, 4.69) is 5.32 Å². The van der Waals surface area contributed by atoms with E-state index in [1.807, 2.05) is 0 Å². The lowest BCUT2D eigenvalue weighted by molar-refractivity contribution is -0.131. The SMILES string of the molecule is O=C(CSC(F)(F)F)N1CCNCC1c1cccc(F)c1. The molecule has 0 bridgehead atoms. The summed E-state index contributed by atoms with van der Waals surface area (Å²) in [5, 5.41) is 3.06. The highest BCUT2D eigenvalue weighted by atomic mass is 32.2. The molecule has 1 aliphatic rings. The molecule has 0 spiro atoms. The number of benzene rings is 1. The fraction of sp³-hybridized carbons (Fsp3) is 0.462. The van der Waals surface area contributed by atoms with Crippen LogP contribution in [-0.4, -0.2) is 41.7 Å². The number of rotatable bonds is 3. The second-order valence-electron chi connectivity index (χ2n) is 4.60. The highest BCUT2D eigenvalue weighted by Crippen LogP contribution is 2.31. The van der Waals surface area contributed by atoms with E-state index >= 15 is 0 Å². The van der Waals surface area contributed by atoms with Crippen LogP contribution < -0.4 is 5.32 Å². The van der Waals surface area contributed by atoms with Crippen molar-refractivity contribution in [2.75, 3.05) is 25.4 Å². The van der Waals surface area contributed by atoms with Gasteiger partial charge in [0.2, 0.25) is 5.91 Å². The second kappa shape index (κ2) is 6.65. The van der Waals surface area contributed by atoms with Gasteiger partial charge in [-0.3, -0.25) is 4.79 Å². The lowest BCUT2D eigenvalue weighted by Gasteiger charge is -2.36. The maximum Gasteiger partial charge on any atom is 0.442 e. The van der Waals surface area contributed by atoms with Crippen LogP contribution in [0.3, 0.4) is 0 Å². The van der Waals surface area contributed by atoms with Crippen molar-refractivity contribution < 1.29 is 22.4 Å². The van der Waals surface area contributed by atoms with Gasteiger partial charge in [0, 0.05) is 19.6 Å². The molecule has 21 heavy (non-hydrogen) atoms. The average molecular weight is 322 g/mol. The maximum atomic E-state index is 13.3. The molecule has 1 unspecified atom stereocenters. The van der Waals surface area contributed by atoms with Crippen LogP contribution in [0, 0.1) is 5.82 Å². The van der Waals surface area contributed by atoms with Gasteiger partial charge in [-0.2, -0.15) is 13.2 Å². The van der Waals surface area contributed by atoms with Crippen LogP contribution in [0.2, 0.25) is 0 Å². The molecule has 1 aliphatic heterocycles. The Bertz CT molecular complexity index is 509. The van der Waals surface area contributed by atoms with Crippen molar-refractivity contribution in [1.29, 1.82) is 0 Å². The van der Waals surface area contributed by atoms with Gasteiger partial charge in [0.1, 0.15) is 5.82 Å². The third kappa shape index (κ3) is 4.60. The minimum Gasteiger partial charge on any atom is -0.332 e. The Hall–Kier alpha value is -1.28. The number of thioether (sulfide) groups is 1. The molecule has 1 N–H and O–H groups in total. The monoisotopic (exact) mass is 322 g/mol. The Balaban J connectivity index is 2.10. The Morgan fingerprint density at radius 2 is 2.19 bits per heavy atom. The summed E-state index contributed by atoms with van der Waals surface area (Å²) in [5.74, 6) is -1.68. The van der Waals surface area contributed by atoms with Crippen molar-refractivity contribution in [1.82, 2.24) is 10.2 Å². The lowest BCUT2D eigenvalue weighted by atomic mass is 10.0. The predicted molar refractivity (Wildman–Crippen MR) is 72.2 cm³/mol. The first-order valence-electron chi connectivity index (χ1n) is 6.33. The van der Waals surface area contributed by atoms with E-state index in [1.54, 1.807) is 6.07 Å². The minimum absolute atomic E-state index is 0.304. The number of carbonyl (C=O) groups is 1. The average Bonchev–Trinajstić information content (AvgIpc) is 2.44. The lowest BCUT2D eigenvalue weighted by Crippen LogP contribution is -2.49. The molecule has 1 atom stereocenters. The van der Waals surface area contributed by atoms with Gasteiger partial charge in [-0.1, -0.05) is 12.1 Å². The number of alkyl halides is 3. The summed E-state index contributed by atoms with van der Waals surface area (Å²) in [6.45, 7) is 1.21. The van der Waals surface area contributed by atoms with Gasteiger partial charge in [0.15, 0.2) is 0 Å². The molecule has 116 valence electrons. The smallest absolute Gasteiger partial charge is 0.332 e. The fourth-order valence-electron chi connectivity index (χ4n) is 2.24. The standard InChI is InChI=1S/C13H14F4N2OS/c14-10-3-1-2-9(6-10)11-7-18-4-5-19(11)12(20)8-21-13(15,16)17/h1-3,6,11,18H,4-5,7-8H2. The van der Waals surface area contributed by atoms with Crippen molar-refractivity contribution >= 4 is 17.7 Å². The molecule has 2 rings (SSSR count). The first kappa shape index (κ1) is 16.1. The van der Waals surface area contributed by atoms with Crippen molar-refractivity contribution in [3.63, 3.8) is 0 Å². The summed E-state index contributed by atoms with van der Waals surface area (Å²) in [6.07, 6.45) is 0. The molecule has 0 radical (unpaired) electrons. The highest BCUT2D eigenvalue weighted by Gasteiger charge is 2.33. The number of nitrogens with zero attached hydrogens (tertiary/aromatic N) is 1. The van der Waals surface area contributed by atoms with E-state index in [0.29, 0.717) is 25.2 Å². The molecular weight excluding hydrogens is 308 g/mol. The van der Waals surface area contributed by atoms with Crippen LogP contribution in [0.5, 0.6) is 0 Å². The van der Waals surface area contributed by atoms with Crippen molar-refractivity contribution in [3.05, 3.63) is 35.6 Å². The Labute approximate surface area is 123 Å². The number of amides is 1. The molecule has 1 heterocycles. The van der Waals surface area contributed by atoms with Gasteiger partial charge < -0.3 is 10.2 Å². The third-order valence-electron chi connectivity index (χ3n) is 3.16. The van der Waals surface area contributed by atoms with Crippen molar-refractivity contribution in [2.45, 2.75) is 11.6 Å². The van der Waals surface area contributed by atoms with Crippen LogP contribution in [0.25, 0.3) is 0 Å². The Kier molecular flexibility index (Phi) is 5.10.